The summed E-state index contributed by atoms with van der Waals surface area (Å²) in [7, 11) is 1.60. The largest absolute Gasteiger partial charge is 0.493 e. The number of methoxy groups -OCH3 is 1. The number of hydrogen-bond donors (Lipinski definition) is 1. The first kappa shape index (κ1) is 21.7. The van der Waals surface area contributed by atoms with Crippen molar-refractivity contribution >= 4 is 33.6 Å². The molecule has 0 aromatic heterocycles. The first-order valence-electron chi connectivity index (χ1n) is 9.71. The molecule has 5 heteroatoms. The van der Waals surface area contributed by atoms with E-state index in [4.69, 9.17) is 9.47 Å². The molecule has 30 heavy (non-hydrogen) atoms. The van der Waals surface area contributed by atoms with Crippen molar-refractivity contribution in [2.45, 2.75) is 20.0 Å². The minimum atomic E-state index is -0.205. The lowest BCUT2D eigenvalue weighted by molar-refractivity contribution is -0.111. The van der Waals surface area contributed by atoms with Gasteiger partial charge in [0.15, 0.2) is 11.5 Å². The van der Waals surface area contributed by atoms with Crippen molar-refractivity contribution in [1.82, 2.24) is 0 Å². The number of carbonyl (C=O) groups is 1. The van der Waals surface area contributed by atoms with Gasteiger partial charge in [-0.1, -0.05) is 49.4 Å². The molecule has 0 saturated carbocycles. The Labute approximate surface area is 185 Å². The maximum Gasteiger partial charge on any atom is 0.248 e. The first-order valence-corrected chi connectivity index (χ1v) is 10.5. The normalized spacial score (nSPS) is 10.8. The molecule has 0 radical (unpaired) electrons. The van der Waals surface area contributed by atoms with Crippen LogP contribution in [0.5, 0.6) is 11.5 Å². The third-order valence-electron chi connectivity index (χ3n) is 4.55. The van der Waals surface area contributed by atoms with Crippen LogP contribution >= 0.6 is 15.9 Å². The van der Waals surface area contributed by atoms with Gasteiger partial charge in [0, 0.05) is 10.5 Å². The minimum absolute atomic E-state index is 0.205. The Hall–Kier alpha value is -3.05. The van der Waals surface area contributed by atoms with Crippen LogP contribution in [0.2, 0.25) is 0 Å². The van der Waals surface area contributed by atoms with Crippen molar-refractivity contribution in [1.29, 1.82) is 0 Å². The van der Waals surface area contributed by atoms with E-state index in [1.807, 2.05) is 66.7 Å². The zero-order valence-electron chi connectivity index (χ0n) is 17.0. The van der Waals surface area contributed by atoms with E-state index in [1.165, 1.54) is 11.6 Å². The summed E-state index contributed by atoms with van der Waals surface area (Å²) in [6.07, 6.45) is 4.19. The number of halogens is 1. The van der Waals surface area contributed by atoms with Crippen molar-refractivity contribution in [2.24, 2.45) is 0 Å². The summed E-state index contributed by atoms with van der Waals surface area (Å²) in [6.45, 7) is 2.55. The van der Waals surface area contributed by atoms with Crippen LogP contribution in [-0.4, -0.2) is 13.0 Å². The predicted molar refractivity (Wildman–Crippen MR) is 125 cm³/mol. The molecule has 154 valence electrons. The molecule has 0 saturated heterocycles. The van der Waals surface area contributed by atoms with E-state index >= 15 is 0 Å². The Kier molecular flexibility index (Phi) is 7.69. The standard InChI is InChI=1S/C25H24BrNO3/c1-3-18-9-12-22(21(26)15-18)27-25(28)14-11-19-10-13-23(24(16-19)29-2)30-17-20-7-5-4-6-8-20/h4-16H,3,17H2,1-2H3,(H,27,28)/b14-11+. The first-order chi connectivity index (χ1) is 14.6. The molecule has 3 rings (SSSR count). The number of rotatable bonds is 8. The number of nitrogens with one attached hydrogen (secondary N) is 1. The molecule has 1 amide bonds. The molecule has 0 fully saturated rings. The summed E-state index contributed by atoms with van der Waals surface area (Å²) < 4.78 is 12.2. The molecule has 0 bridgehead atoms. The van der Waals surface area contributed by atoms with Crippen molar-refractivity contribution in [2.75, 3.05) is 12.4 Å². The van der Waals surface area contributed by atoms with Gasteiger partial charge in [0.25, 0.3) is 0 Å². The summed E-state index contributed by atoms with van der Waals surface area (Å²) in [5.41, 5.74) is 3.87. The fraction of sp³-hybridized carbons (Fsp3) is 0.160. The Morgan fingerprint density at radius 3 is 2.50 bits per heavy atom. The van der Waals surface area contributed by atoms with E-state index in [-0.39, 0.29) is 5.91 Å². The molecule has 4 nitrogen and oxygen atoms in total. The summed E-state index contributed by atoms with van der Waals surface area (Å²) in [4.78, 5) is 12.3. The maximum atomic E-state index is 12.3. The van der Waals surface area contributed by atoms with E-state index < -0.39 is 0 Å². The second-order valence-electron chi connectivity index (χ2n) is 6.67. The molecule has 3 aromatic carbocycles. The highest BCUT2D eigenvalue weighted by atomic mass is 79.9. The minimum Gasteiger partial charge on any atom is -0.493 e. The van der Waals surface area contributed by atoms with Crippen molar-refractivity contribution in [3.05, 3.63) is 94.0 Å². The molecule has 0 aliphatic carbocycles. The average Bonchev–Trinajstić information content (AvgIpc) is 2.78. The number of carbonyl (C=O) groups excluding carboxylic acids is 1. The van der Waals surface area contributed by atoms with E-state index in [0.717, 1.165) is 27.7 Å². The SMILES string of the molecule is CCc1ccc(NC(=O)/C=C/c2ccc(OCc3ccccc3)c(OC)c2)c(Br)c1. The second-order valence-corrected chi connectivity index (χ2v) is 7.53. The van der Waals surface area contributed by atoms with Crippen molar-refractivity contribution in [3.8, 4) is 11.5 Å². The highest BCUT2D eigenvalue weighted by Crippen LogP contribution is 2.29. The van der Waals surface area contributed by atoms with Crippen LogP contribution in [-0.2, 0) is 17.8 Å². The average molecular weight is 466 g/mol. The highest BCUT2D eigenvalue weighted by Gasteiger charge is 2.07. The van der Waals surface area contributed by atoms with Crippen LogP contribution < -0.4 is 14.8 Å². The lowest BCUT2D eigenvalue weighted by Crippen LogP contribution is -2.08. The Bertz CT molecular complexity index is 1030. The summed E-state index contributed by atoms with van der Waals surface area (Å²) in [5, 5.41) is 2.88. The molecular formula is C25H24BrNO3. The third kappa shape index (κ3) is 5.97. The van der Waals surface area contributed by atoms with Gasteiger partial charge >= 0.3 is 0 Å². The molecular weight excluding hydrogens is 442 g/mol. The number of benzene rings is 3. The topological polar surface area (TPSA) is 47.6 Å². The van der Waals surface area contributed by atoms with Crippen LogP contribution in [0, 0.1) is 0 Å². The molecule has 3 aromatic rings. The lowest BCUT2D eigenvalue weighted by atomic mass is 10.1. The third-order valence-corrected chi connectivity index (χ3v) is 5.21. The second kappa shape index (κ2) is 10.6. The fourth-order valence-corrected chi connectivity index (χ4v) is 3.39. The number of aryl methyl sites for hydroxylation is 1. The van der Waals surface area contributed by atoms with Gasteiger partial charge in [-0.05, 0) is 69.4 Å². The number of hydrogen-bond acceptors (Lipinski definition) is 3. The zero-order chi connectivity index (χ0) is 21.3. The van der Waals surface area contributed by atoms with Crippen LogP contribution in [0.3, 0.4) is 0 Å². The number of ether oxygens (including phenoxy) is 2. The van der Waals surface area contributed by atoms with Crippen LogP contribution in [0.1, 0.15) is 23.6 Å². The van der Waals surface area contributed by atoms with Gasteiger partial charge in [0.05, 0.1) is 12.8 Å². The van der Waals surface area contributed by atoms with E-state index in [2.05, 4.69) is 28.2 Å². The van der Waals surface area contributed by atoms with Gasteiger partial charge in [-0.2, -0.15) is 0 Å². The maximum absolute atomic E-state index is 12.3. The fourth-order valence-electron chi connectivity index (χ4n) is 2.87. The predicted octanol–water partition coefficient (Wildman–Crippen LogP) is 6.25. The summed E-state index contributed by atoms with van der Waals surface area (Å²) in [5.74, 6) is 1.07. The molecule has 0 aliphatic rings. The molecule has 0 heterocycles. The summed E-state index contributed by atoms with van der Waals surface area (Å²) in [6, 6.07) is 21.4. The zero-order valence-corrected chi connectivity index (χ0v) is 18.6. The monoisotopic (exact) mass is 465 g/mol. The highest BCUT2D eigenvalue weighted by molar-refractivity contribution is 9.10. The molecule has 0 aliphatic heterocycles. The van der Waals surface area contributed by atoms with Gasteiger partial charge in [0.2, 0.25) is 5.91 Å². The van der Waals surface area contributed by atoms with Crippen LogP contribution in [0.25, 0.3) is 6.08 Å². The molecule has 0 unspecified atom stereocenters. The molecule has 0 spiro atoms. The van der Waals surface area contributed by atoms with Crippen LogP contribution in [0.15, 0.2) is 77.3 Å². The Balaban J connectivity index is 1.64. The number of amides is 1. The van der Waals surface area contributed by atoms with Gasteiger partial charge in [-0.25, -0.2) is 0 Å². The van der Waals surface area contributed by atoms with Gasteiger partial charge in [-0.3, -0.25) is 4.79 Å². The van der Waals surface area contributed by atoms with Crippen molar-refractivity contribution in [3.63, 3.8) is 0 Å². The van der Waals surface area contributed by atoms with E-state index in [9.17, 15) is 4.79 Å². The Morgan fingerprint density at radius 2 is 1.80 bits per heavy atom. The van der Waals surface area contributed by atoms with E-state index in [0.29, 0.717) is 18.1 Å². The van der Waals surface area contributed by atoms with Crippen LogP contribution in [0.4, 0.5) is 5.69 Å². The molecule has 0 atom stereocenters. The summed E-state index contributed by atoms with van der Waals surface area (Å²) >= 11 is 3.50. The van der Waals surface area contributed by atoms with E-state index in [1.54, 1.807) is 13.2 Å². The lowest BCUT2D eigenvalue weighted by Gasteiger charge is -2.11. The van der Waals surface area contributed by atoms with Gasteiger partial charge in [0.1, 0.15) is 6.61 Å². The molecule has 1 N–H and O–H groups in total. The van der Waals surface area contributed by atoms with Crippen molar-refractivity contribution < 1.29 is 14.3 Å². The Morgan fingerprint density at radius 1 is 1.00 bits per heavy atom. The smallest absolute Gasteiger partial charge is 0.248 e. The number of anilines is 1. The van der Waals surface area contributed by atoms with Gasteiger partial charge in [-0.15, -0.1) is 0 Å². The quantitative estimate of drug-likeness (QED) is 0.399. The van der Waals surface area contributed by atoms with Gasteiger partial charge < -0.3 is 14.8 Å².